The molecule has 2 heterocycles. The molecule has 122 valence electrons. The van der Waals surface area contributed by atoms with Crippen molar-refractivity contribution in [1.29, 1.82) is 0 Å². The summed E-state index contributed by atoms with van der Waals surface area (Å²) < 4.78 is 0. The summed E-state index contributed by atoms with van der Waals surface area (Å²) in [4.78, 5) is 30.2. The lowest BCUT2D eigenvalue weighted by atomic mass is 10.1. The van der Waals surface area contributed by atoms with Gasteiger partial charge in [0.05, 0.1) is 12.1 Å². The van der Waals surface area contributed by atoms with Gasteiger partial charge in [0.1, 0.15) is 0 Å². The largest absolute Gasteiger partial charge is 0.341 e. The van der Waals surface area contributed by atoms with Crippen LogP contribution >= 0.6 is 11.3 Å². The molecule has 1 aromatic rings. The monoisotopic (exact) mass is 324 g/mol. The van der Waals surface area contributed by atoms with Crippen molar-refractivity contribution in [2.24, 2.45) is 5.92 Å². The Labute approximate surface area is 135 Å². The third kappa shape index (κ3) is 4.51. The molecule has 1 unspecified atom stereocenters. The summed E-state index contributed by atoms with van der Waals surface area (Å²) in [6.07, 6.45) is 2.44. The highest BCUT2D eigenvalue weighted by Gasteiger charge is 2.23. The Hall–Kier alpha value is -1.47. The molecule has 0 radical (unpaired) electrons. The van der Waals surface area contributed by atoms with E-state index in [0.29, 0.717) is 17.6 Å². The molecule has 0 bridgehead atoms. The Morgan fingerprint density at radius 1 is 1.50 bits per heavy atom. The van der Waals surface area contributed by atoms with Crippen LogP contribution in [0, 0.1) is 5.92 Å². The van der Waals surface area contributed by atoms with E-state index in [1.165, 1.54) is 11.3 Å². The minimum atomic E-state index is -0.0826. The number of nitrogens with zero attached hydrogens (tertiary/aromatic N) is 2. The molecule has 6 nitrogen and oxygen atoms in total. The molecule has 2 N–H and O–H groups in total. The van der Waals surface area contributed by atoms with E-state index in [-0.39, 0.29) is 17.7 Å². The third-order valence-corrected chi connectivity index (χ3v) is 4.63. The van der Waals surface area contributed by atoms with Gasteiger partial charge in [-0.25, -0.2) is 4.98 Å². The maximum Gasteiger partial charge on any atom is 0.228 e. The SMILES string of the molecule is CNC1CCCN(C(=O)Cc2csc(NC(=O)C(C)C)n2)C1. The van der Waals surface area contributed by atoms with Gasteiger partial charge in [0, 0.05) is 30.4 Å². The quantitative estimate of drug-likeness (QED) is 0.860. The van der Waals surface area contributed by atoms with Gasteiger partial charge in [-0.05, 0) is 19.9 Å². The van der Waals surface area contributed by atoms with Gasteiger partial charge in [-0.2, -0.15) is 0 Å². The lowest BCUT2D eigenvalue weighted by molar-refractivity contribution is -0.131. The number of aromatic nitrogens is 1. The van der Waals surface area contributed by atoms with E-state index >= 15 is 0 Å². The van der Waals surface area contributed by atoms with E-state index in [2.05, 4.69) is 15.6 Å². The topological polar surface area (TPSA) is 74.3 Å². The lowest BCUT2D eigenvalue weighted by Crippen LogP contribution is -2.47. The number of carbonyl (C=O) groups is 2. The number of likely N-dealkylation sites (tertiary alicyclic amines) is 1. The van der Waals surface area contributed by atoms with Gasteiger partial charge in [-0.15, -0.1) is 11.3 Å². The van der Waals surface area contributed by atoms with Gasteiger partial charge >= 0.3 is 0 Å². The zero-order chi connectivity index (χ0) is 16.1. The molecule has 0 aromatic carbocycles. The van der Waals surface area contributed by atoms with Crippen LogP contribution in [0.1, 0.15) is 32.4 Å². The molecule has 0 aliphatic carbocycles. The molecule has 1 atom stereocenters. The first-order valence-electron chi connectivity index (χ1n) is 7.70. The highest BCUT2D eigenvalue weighted by Crippen LogP contribution is 2.18. The number of amides is 2. The van der Waals surface area contributed by atoms with Crippen LogP contribution in [0.25, 0.3) is 0 Å². The lowest BCUT2D eigenvalue weighted by Gasteiger charge is -2.32. The zero-order valence-corrected chi connectivity index (χ0v) is 14.2. The summed E-state index contributed by atoms with van der Waals surface area (Å²) in [5.74, 6) is -0.0343. The second-order valence-electron chi connectivity index (χ2n) is 5.93. The molecule has 1 aliphatic rings. The zero-order valence-electron chi connectivity index (χ0n) is 13.4. The summed E-state index contributed by atoms with van der Waals surface area (Å²) in [5.41, 5.74) is 0.723. The second-order valence-corrected chi connectivity index (χ2v) is 6.79. The molecule has 22 heavy (non-hydrogen) atoms. The minimum absolute atomic E-state index is 0.0554. The normalized spacial score (nSPS) is 18.5. The molecule has 1 aromatic heterocycles. The van der Waals surface area contributed by atoms with Crippen molar-refractivity contribution < 1.29 is 9.59 Å². The van der Waals surface area contributed by atoms with Gasteiger partial charge in [-0.3, -0.25) is 9.59 Å². The Morgan fingerprint density at radius 3 is 2.95 bits per heavy atom. The van der Waals surface area contributed by atoms with Gasteiger partial charge in [0.25, 0.3) is 0 Å². The van der Waals surface area contributed by atoms with Crippen LogP contribution in [0.15, 0.2) is 5.38 Å². The Bertz CT molecular complexity index is 529. The maximum absolute atomic E-state index is 12.3. The number of likely N-dealkylation sites (N-methyl/N-ethyl adjacent to an activating group) is 1. The standard InChI is InChI=1S/C15H24N4O2S/c1-10(2)14(21)18-15-17-12(9-22-15)7-13(20)19-6-4-5-11(8-19)16-3/h9-11,16H,4-8H2,1-3H3,(H,17,18,21). The van der Waals surface area contributed by atoms with Crippen molar-refractivity contribution in [3.8, 4) is 0 Å². The van der Waals surface area contributed by atoms with Crippen LogP contribution in [0.4, 0.5) is 5.13 Å². The summed E-state index contributed by atoms with van der Waals surface area (Å²) in [6.45, 7) is 5.25. The van der Waals surface area contributed by atoms with Crippen molar-refractivity contribution in [1.82, 2.24) is 15.2 Å². The number of carbonyl (C=O) groups excluding carboxylic acids is 2. The first-order valence-corrected chi connectivity index (χ1v) is 8.58. The van der Waals surface area contributed by atoms with Crippen LogP contribution in [-0.2, 0) is 16.0 Å². The fraction of sp³-hybridized carbons (Fsp3) is 0.667. The van der Waals surface area contributed by atoms with Crippen LogP contribution in [-0.4, -0.2) is 47.9 Å². The Kier molecular flexibility index (Phi) is 5.90. The molecule has 1 fully saturated rings. The summed E-state index contributed by atoms with van der Waals surface area (Å²) in [6, 6.07) is 0.383. The highest BCUT2D eigenvalue weighted by molar-refractivity contribution is 7.13. The first-order chi connectivity index (χ1) is 10.5. The predicted octanol–water partition coefficient (Wildman–Crippen LogP) is 1.49. The fourth-order valence-electron chi connectivity index (χ4n) is 2.40. The molecule has 0 spiro atoms. The van der Waals surface area contributed by atoms with E-state index in [4.69, 9.17) is 0 Å². The predicted molar refractivity (Wildman–Crippen MR) is 87.9 cm³/mol. The van der Waals surface area contributed by atoms with Gasteiger partial charge in [-0.1, -0.05) is 13.8 Å². The first kappa shape index (κ1) is 16.9. The molecule has 2 amide bonds. The summed E-state index contributed by atoms with van der Waals surface area (Å²) in [7, 11) is 1.93. The minimum Gasteiger partial charge on any atom is -0.341 e. The van der Waals surface area contributed by atoms with E-state index in [1.807, 2.05) is 31.2 Å². The summed E-state index contributed by atoms with van der Waals surface area (Å²) >= 11 is 1.36. The third-order valence-electron chi connectivity index (χ3n) is 3.82. The van der Waals surface area contributed by atoms with E-state index < -0.39 is 0 Å². The molecule has 1 aliphatic heterocycles. The van der Waals surface area contributed by atoms with Crippen molar-refractivity contribution in [3.63, 3.8) is 0 Å². The van der Waals surface area contributed by atoms with E-state index in [0.717, 1.165) is 31.6 Å². The number of nitrogens with one attached hydrogen (secondary N) is 2. The van der Waals surface area contributed by atoms with Gasteiger partial charge in [0.2, 0.25) is 11.8 Å². The number of piperidine rings is 1. The van der Waals surface area contributed by atoms with Crippen molar-refractivity contribution in [2.45, 2.75) is 39.2 Å². The average molecular weight is 324 g/mol. The molecular formula is C15H24N4O2S. The Balaban J connectivity index is 1.89. The average Bonchev–Trinajstić information content (AvgIpc) is 2.94. The fourth-order valence-corrected chi connectivity index (χ4v) is 3.11. The van der Waals surface area contributed by atoms with Crippen LogP contribution in [0.3, 0.4) is 0 Å². The van der Waals surface area contributed by atoms with Crippen molar-refractivity contribution in [3.05, 3.63) is 11.1 Å². The molecule has 0 saturated carbocycles. The second kappa shape index (κ2) is 7.69. The maximum atomic E-state index is 12.3. The van der Waals surface area contributed by atoms with Gasteiger partial charge < -0.3 is 15.5 Å². The molecule has 2 rings (SSSR count). The molecule has 1 saturated heterocycles. The smallest absolute Gasteiger partial charge is 0.228 e. The van der Waals surface area contributed by atoms with Crippen LogP contribution in [0.5, 0.6) is 0 Å². The number of rotatable bonds is 5. The number of hydrogen-bond donors (Lipinski definition) is 2. The number of anilines is 1. The van der Waals surface area contributed by atoms with E-state index in [1.54, 1.807) is 0 Å². The molecular weight excluding hydrogens is 300 g/mol. The van der Waals surface area contributed by atoms with Gasteiger partial charge in [0.15, 0.2) is 5.13 Å². The number of hydrogen-bond acceptors (Lipinski definition) is 5. The highest BCUT2D eigenvalue weighted by atomic mass is 32.1. The Morgan fingerprint density at radius 2 is 2.27 bits per heavy atom. The van der Waals surface area contributed by atoms with E-state index in [9.17, 15) is 9.59 Å². The summed E-state index contributed by atoms with van der Waals surface area (Å²) in [5, 5.41) is 8.40. The van der Waals surface area contributed by atoms with Crippen molar-refractivity contribution in [2.75, 3.05) is 25.5 Å². The molecule has 7 heteroatoms. The number of thiazole rings is 1. The van der Waals surface area contributed by atoms with Crippen LogP contribution < -0.4 is 10.6 Å². The van der Waals surface area contributed by atoms with Crippen LogP contribution in [0.2, 0.25) is 0 Å². The van der Waals surface area contributed by atoms with Crippen molar-refractivity contribution >= 4 is 28.3 Å².